The first kappa shape index (κ1) is 22.6. The van der Waals surface area contributed by atoms with Gasteiger partial charge in [0.2, 0.25) is 17.9 Å². The number of amides is 2. The van der Waals surface area contributed by atoms with E-state index >= 15 is 0 Å². The van der Waals surface area contributed by atoms with Crippen molar-refractivity contribution in [3.05, 3.63) is 29.1 Å². The van der Waals surface area contributed by atoms with Crippen LogP contribution in [0.1, 0.15) is 5.82 Å². The summed E-state index contributed by atoms with van der Waals surface area (Å²) in [4.78, 5) is 52.4. The van der Waals surface area contributed by atoms with E-state index in [1.807, 2.05) is 9.36 Å². The Bertz CT molecular complexity index is 1220. The van der Waals surface area contributed by atoms with Crippen LogP contribution in [-0.4, -0.2) is 82.1 Å². The number of carboxylic acids is 1. The van der Waals surface area contributed by atoms with Gasteiger partial charge in [0.15, 0.2) is 5.13 Å². The number of oxime groups is 1. The number of hydrogen-bond acceptors (Lipinski definition) is 12. The number of nitrogens with zero attached hydrogens (tertiary/aromatic N) is 7. The lowest BCUT2D eigenvalue weighted by Crippen LogP contribution is -2.71. The second-order valence-electron chi connectivity index (χ2n) is 7.38. The first-order valence-electron chi connectivity index (χ1n) is 9.86. The summed E-state index contributed by atoms with van der Waals surface area (Å²) in [6.45, 7) is 1.39. The fraction of sp³-hybridized carbons (Fsp3) is 0.412. The second-order valence-corrected chi connectivity index (χ2v) is 10.7. The van der Waals surface area contributed by atoms with Crippen LogP contribution in [0.25, 0.3) is 0 Å². The number of fused-ring (bicyclic) bond motifs is 2. The Hall–Kier alpha value is -3.18. The van der Waals surface area contributed by atoms with Crippen LogP contribution in [0.15, 0.2) is 28.4 Å². The Balaban J connectivity index is 1.31. The van der Waals surface area contributed by atoms with Gasteiger partial charge in [-0.1, -0.05) is 5.16 Å². The highest BCUT2D eigenvalue weighted by molar-refractivity contribution is 8.06. The summed E-state index contributed by atoms with van der Waals surface area (Å²) in [5.74, 6) is -2.04. The van der Waals surface area contributed by atoms with E-state index < -0.39 is 29.2 Å². The van der Waals surface area contributed by atoms with Crippen LogP contribution in [0.2, 0.25) is 0 Å². The quantitative estimate of drug-likeness (QED) is 0.165. The second kappa shape index (κ2) is 8.88. The number of carbonyl (C=O) groups is 3. The van der Waals surface area contributed by atoms with Crippen molar-refractivity contribution in [2.75, 3.05) is 18.6 Å². The van der Waals surface area contributed by atoms with E-state index in [0.717, 1.165) is 11.5 Å². The highest BCUT2D eigenvalue weighted by Gasteiger charge is 2.55. The molecule has 0 saturated carbocycles. The number of aromatic nitrogens is 5. The van der Waals surface area contributed by atoms with E-state index in [-0.39, 0.29) is 27.6 Å². The van der Waals surface area contributed by atoms with Gasteiger partial charge in [0.1, 0.15) is 30.8 Å². The Morgan fingerprint density at radius 3 is 2.97 bits per heavy atom. The minimum absolute atomic E-state index is 0.0262. The topological polar surface area (TPSA) is 182 Å². The molecule has 2 unspecified atom stereocenters. The maximum Gasteiger partial charge on any atom is 0.353 e. The lowest BCUT2D eigenvalue weighted by Gasteiger charge is -2.49. The van der Waals surface area contributed by atoms with Crippen molar-refractivity contribution >= 4 is 63.7 Å². The molecule has 17 heteroatoms. The molecular formula is C17H18N9O5S3+. The van der Waals surface area contributed by atoms with Gasteiger partial charge in [0, 0.05) is 22.2 Å². The maximum absolute atomic E-state index is 12.9. The van der Waals surface area contributed by atoms with E-state index in [1.165, 1.54) is 35.5 Å². The molecule has 4 N–H and O–H groups in total. The molecule has 0 radical (unpaired) electrons. The van der Waals surface area contributed by atoms with Gasteiger partial charge in [-0.15, -0.1) is 23.5 Å². The first-order chi connectivity index (χ1) is 16.4. The highest BCUT2D eigenvalue weighted by Crippen LogP contribution is 2.44. The third-order valence-corrected chi connectivity index (χ3v) is 8.55. The summed E-state index contributed by atoms with van der Waals surface area (Å²) < 4.78 is 7.87. The SMILES string of the molecule is CO/N=C(\C(=O)NC1C(=O)N2C(C(=O)O)=C(SC3Cn4cnc[n+]4C3)CSC12)c1nsc(N)n1. The largest absolute Gasteiger partial charge is 0.477 e. The summed E-state index contributed by atoms with van der Waals surface area (Å²) in [6.07, 6.45) is 3.45. The van der Waals surface area contributed by atoms with Gasteiger partial charge >= 0.3 is 12.3 Å². The first-order valence-corrected chi connectivity index (χ1v) is 12.6. The van der Waals surface area contributed by atoms with Crippen molar-refractivity contribution in [1.82, 2.24) is 29.2 Å². The molecule has 3 aliphatic rings. The van der Waals surface area contributed by atoms with Crippen LogP contribution in [-0.2, 0) is 32.3 Å². The molecule has 2 atom stereocenters. The van der Waals surface area contributed by atoms with Crippen LogP contribution in [0.3, 0.4) is 0 Å². The van der Waals surface area contributed by atoms with E-state index in [1.54, 1.807) is 12.7 Å². The Morgan fingerprint density at radius 2 is 2.29 bits per heavy atom. The van der Waals surface area contributed by atoms with E-state index in [9.17, 15) is 19.5 Å². The molecule has 3 aliphatic heterocycles. The van der Waals surface area contributed by atoms with Crippen LogP contribution in [0, 0.1) is 0 Å². The van der Waals surface area contributed by atoms with E-state index in [0.29, 0.717) is 23.7 Å². The average molecular weight is 525 g/mol. The van der Waals surface area contributed by atoms with Gasteiger partial charge in [-0.25, -0.2) is 4.79 Å². The maximum atomic E-state index is 12.9. The number of rotatable bonds is 7. The number of aliphatic carboxylic acids is 1. The van der Waals surface area contributed by atoms with Gasteiger partial charge in [0.25, 0.3) is 11.8 Å². The number of carboxylic acid groups (broad SMARTS) is 1. The minimum Gasteiger partial charge on any atom is -0.477 e. The predicted molar refractivity (Wildman–Crippen MR) is 121 cm³/mol. The van der Waals surface area contributed by atoms with Gasteiger partial charge in [-0.2, -0.15) is 18.7 Å². The molecule has 2 aromatic rings. The van der Waals surface area contributed by atoms with Crippen LogP contribution >= 0.6 is 35.1 Å². The van der Waals surface area contributed by atoms with Gasteiger partial charge in [-0.05, 0) is 4.98 Å². The third-order valence-electron chi connectivity index (χ3n) is 5.29. The molecule has 0 bridgehead atoms. The summed E-state index contributed by atoms with van der Waals surface area (Å²) in [5.41, 5.74) is 5.31. The number of hydrogen-bond donors (Lipinski definition) is 3. The van der Waals surface area contributed by atoms with Gasteiger partial charge in [-0.3, -0.25) is 14.5 Å². The lowest BCUT2D eigenvalue weighted by atomic mass is 10.0. The molecule has 34 heavy (non-hydrogen) atoms. The number of thioether (sulfide) groups is 2. The molecular weight excluding hydrogens is 506 g/mol. The molecule has 5 heterocycles. The number of nitrogen functional groups attached to an aromatic ring is 1. The van der Waals surface area contributed by atoms with Crippen LogP contribution in [0.5, 0.6) is 0 Å². The number of anilines is 1. The summed E-state index contributed by atoms with van der Waals surface area (Å²) in [6, 6.07) is -0.926. The molecule has 1 fully saturated rings. The van der Waals surface area contributed by atoms with Crippen molar-refractivity contribution in [1.29, 1.82) is 0 Å². The molecule has 2 amide bonds. The summed E-state index contributed by atoms with van der Waals surface area (Å²) in [5, 5.41) is 15.9. The Morgan fingerprint density at radius 1 is 1.47 bits per heavy atom. The average Bonchev–Trinajstić information content (AvgIpc) is 3.51. The summed E-state index contributed by atoms with van der Waals surface area (Å²) in [7, 11) is 1.26. The van der Waals surface area contributed by atoms with Crippen molar-refractivity contribution in [3.63, 3.8) is 0 Å². The standard InChI is InChI=1S/C17H17N9O5S3/c1-31-22-9(12-21-17(18)34-23-12)13(27)20-10-14(28)26-11(16(29)30)8(4-32-15(10)26)33-7-2-24-5-19-6-25(24)3-7/h5-7,10,15H,2-4H2,1H3,(H3-,18,20,21,23,27,29,30)/p+1/b22-9-. The molecule has 0 spiro atoms. The number of nitrogens with two attached hydrogens (primary N) is 1. The molecule has 2 aromatic heterocycles. The minimum atomic E-state index is -1.18. The third kappa shape index (κ3) is 3.88. The fourth-order valence-electron chi connectivity index (χ4n) is 3.87. The monoisotopic (exact) mass is 524 g/mol. The van der Waals surface area contributed by atoms with Crippen LogP contribution in [0.4, 0.5) is 5.13 Å². The zero-order chi connectivity index (χ0) is 24.0. The molecule has 1 saturated heterocycles. The fourth-order valence-corrected chi connectivity index (χ4v) is 7.13. The smallest absolute Gasteiger partial charge is 0.353 e. The van der Waals surface area contributed by atoms with E-state index in [4.69, 9.17) is 10.6 Å². The number of carbonyl (C=O) groups excluding carboxylic acids is 2. The molecule has 0 aliphatic carbocycles. The number of β-lactam (4-membered cyclic amide) rings is 1. The normalized spacial score (nSPS) is 23.9. The van der Waals surface area contributed by atoms with Crippen molar-refractivity contribution < 1.29 is 29.0 Å². The summed E-state index contributed by atoms with van der Waals surface area (Å²) >= 11 is 3.74. The highest BCUT2D eigenvalue weighted by atomic mass is 32.2. The number of nitrogens with one attached hydrogen (secondary N) is 1. The molecule has 5 rings (SSSR count). The van der Waals surface area contributed by atoms with Gasteiger partial charge < -0.3 is 21.0 Å². The van der Waals surface area contributed by atoms with Crippen molar-refractivity contribution in [3.8, 4) is 0 Å². The van der Waals surface area contributed by atoms with Crippen molar-refractivity contribution in [2.45, 2.75) is 29.8 Å². The van der Waals surface area contributed by atoms with E-state index in [2.05, 4.69) is 24.8 Å². The Labute approximate surface area is 204 Å². The lowest BCUT2D eigenvalue weighted by molar-refractivity contribution is -0.758. The molecule has 14 nitrogen and oxygen atoms in total. The molecule has 178 valence electrons. The zero-order valence-electron chi connectivity index (χ0n) is 17.5. The van der Waals surface area contributed by atoms with Crippen LogP contribution < -0.4 is 15.7 Å². The van der Waals surface area contributed by atoms with Crippen molar-refractivity contribution in [2.24, 2.45) is 5.16 Å². The Kier molecular flexibility index (Phi) is 5.90. The zero-order valence-corrected chi connectivity index (χ0v) is 20.0. The molecule has 0 aromatic carbocycles. The predicted octanol–water partition coefficient (Wildman–Crippen LogP) is -1.53. The van der Waals surface area contributed by atoms with Gasteiger partial charge in [0.05, 0.1) is 11.8 Å².